The number of rotatable bonds is 7. The van der Waals surface area contributed by atoms with Crippen molar-refractivity contribution in [1.82, 2.24) is 10.4 Å². The fourth-order valence-electron chi connectivity index (χ4n) is 4.48. The van der Waals surface area contributed by atoms with Crippen LogP contribution >= 0.6 is 0 Å². The van der Waals surface area contributed by atoms with E-state index in [1.165, 1.54) is 0 Å². The summed E-state index contributed by atoms with van der Waals surface area (Å²) >= 11 is 0. The number of nitrogens with one attached hydrogen (secondary N) is 1. The molecule has 0 aliphatic carbocycles. The Morgan fingerprint density at radius 2 is 1.30 bits per heavy atom. The number of hydrogen-bond acceptors (Lipinski definition) is 4. The first-order valence-electron chi connectivity index (χ1n) is 12.9. The van der Waals surface area contributed by atoms with Crippen molar-refractivity contribution >= 4 is 23.0 Å². The molecule has 0 fully saturated rings. The lowest BCUT2D eigenvalue weighted by Crippen LogP contribution is -2.18. The molecule has 0 saturated carbocycles. The van der Waals surface area contributed by atoms with Crippen molar-refractivity contribution in [2.24, 2.45) is 5.10 Å². The Balaban J connectivity index is 1.23. The van der Waals surface area contributed by atoms with E-state index < -0.39 is 0 Å². The van der Waals surface area contributed by atoms with Gasteiger partial charge in [-0.3, -0.25) is 4.79 Å². The molecule has 0 radical (unpaired) electrons. The monoisotopic (exact) mass is 519 g/mol. The summed E-state index contributed by atoms with van der Waals surface area (Å²) in [6, 6.07) is 45.0. The van der Waals surface area contributed by atoms with Crippen LogP contribution in [-0.4, -0.2) is 17.1 Å². The molecule has 1 N–H and O–H groups in total. The minimum Gasteiger partial charge on any atom is -0.457 e. The highest BCUT2D eigenvalue weighted by molar-refractivity contribution is 6.07. The van der Waals surface area contributed by atoms with Gasteiger partial charge in [-0.15, -0.1) is 0 Å². The Labute approximate surface area is 232 Å². The maximum Gasteiger partial charge on any atom is 0.272 e. The van der Waals surface area contributed by atoms with Crippen LogP contribution in [0.3, 0.4) is 0 Å². The summed E-state index contributed by atoms with van der Waals surface area (Å²) in [5.41, 5.74) is 8.65. The molecule has 6 aromatic rings. The minimum absolute atomic E-state index is 0.311. The van der Waals surface area contributed by atoms with Crippen LogP contribution in [0.5, 0.6) is 11.5 Å². The summed E-state index contributed by atoms with van der Waals surface area (Å²) < 4.78 is 5.90. The van der Waals surface area contributed by atoms with Crippen LogP contribution in [0.4, 0.5) is 0 Å². The molecule has 6 rings (SSSR count). The topological polar surface area (TPSA) is 63.6 Å². The molecule has 0 unspecified atom stereocenters. The van der Waals surface area contributed by atoms with Gasteiger partial charge < -0.3 is 4.74 Å². The molecule has 0 saturated heterocycles. The molecule has 1 aromatic heterocycles. The third-order valence-electron chi connectivity index (χ3n) is 6.47. The predicted octanol–water partition coefficient (Wildman–Crippen LogP) is 8.13. The van der Waals surface area contributed by atoms with Gasteiger partial charge in [0, 0.05) is 10.9 Å². The standard InChI is InChI=1S/C35H25N3O2/c39-35(38-36-24-25-10-9-15-30(22-25)40-29-13-5-2-6-14-29)32-23-34(37-33-17-8-7-16-31(32)33)28-20-18-27(19-21-28)26-11-3-1-4-12-26/h1-24H,(H,38,39)/b36-24+. The fourth-order valence-corrected chi connectivity index (χ4v) is 4.48. The number of carbonyl (C=O) groups excluding carboxylic acids is 1. The van der Waals surface area contributed by atoms with Crippen molar-refractivity contribution in [3.05, 3.63) is 151 Å². The highest BCUT2D eigenvalue weighted by atomic mass is 16.5. The van der Waals surface area contributed by atoms with Gasteiger partial charge in [0.2, 0.25) is 0 Å². The molecule has 1 heterocycles. The summed E-state index contributed by atoms with van der Waals surface area (Å²) in [6.45, 7) is 0. The van der Waals surface area contributed by atoms with E-state index in [9.17, 15) is 4.79 Å². The summed E-state index contributed by atoms with van der Waals surface area (Å²) in [5, 5.41) is 4.98. The van der Waals surface area contributed by atoms with Crippen LogP contribution in [-0.2, 0) is 0 Å². The van der Waals surface area contributed by atoms with E-state index in [1.54, 1.807) is 6.21 Å². The van der Waals surface area contributed by atoms with Gasteiger partial charge in [0.15, 0.2) is 0 Å². The molecule has 0 bridgehead atoms. The van der Waals surface area contributed by atoms with Crippen LogP contribution in [0.25, 0.3) is 33.3 Å². The number of pyridine rings is 1. The molecule has 5 nitrogen and oxygen atoms in total. The third kappa shape index (κ3) is 5.64. The molecular formula is C35H25N3O2. The molecule has 0 aliphatic heterocycles. The average Bonchev–Trinajstić information content (AvgIpc) is 3.02. The first-order valence-corrected chi connectivity index (χ1v) is 12.9. The lowest BCUT2D eigenvalue weighted by Gasteiger charge is -2.10. The van der Waals surface area contributed by atoms with Crippen molar-refractivity contribution < 1.29 is 9.53 Å². The fraction of sp³-hybridized carbons (Fsp3) is 0. The summed E-state index contributed by atoms with van der Waals surface area (Å²) in [5.74, 6) is 1.12. The molecule has 0 aliphatic rings. The van der Waals surface area contributed by atoms with Crippen molar-refractivity contribution in [3.8, 4) is 33.9 Å². The smallest absolute Gasteiger partial charge is 0.272 e. The van der Waals surface area contributed by atoms with Gasteiger partial charge in [0.25, 0.3) is 5.91 Å². The molecule has 0 spiro atoms. The zero-order valence-electron chi connectivity index (χ0n) is 21.6. The number of hydrogen-bond donors (Lipinski definition) is 1. The highest BCUT2D eigenvalue weighted by Crippen LogP contribution is 2.28. The second kappa shape index (κ2) is 11.5. The number of carbonyl (C=O) groups is 1. The molecular weight excluding hydrogens is 494 g/mol. The highest BCUT2D eigenvalue weighted by Gasteiger charge is 2.14. The Bertz CT molecular complexity index is 1800. The van der Waals surface area contributed by atoms with E-state index >= 15 is 0 Å². The number of aromatic nitrogens is 1. The Kier molecular flexibility index (Phi) is 7.09. The van der Waals surface area contributed by atoms with Crippen molar-refractivity contribution in [2.75, 3.05) is 0 Å². The number of para-hydroxylation sites is 2. The Morgan fingerprint density at radius 1 is 0.650 bits per heavy atom. The van der Waals surface area contributed by atoms with Gasteiger partial charge >= 0.3 is 0 Å². The zero-order valence-corrected chi connectivity index (χ0v) is 21.6. The summed E-state index contributed by atoms with van der Waals surface area (Å²) in [7, 11) is 0. The third-order valence-corrected chi connectivity index (χ3v) is 6.47. The molecule has 0 atom stereocenters. The van der Waals surface area contributed by atoms with Crippen molar-refractivity contribution in [2.45, 2.75) is 0 Å². The van der Waals surface area contributed by atoms with E-state index in [-0.39, 0.29) is 5.91 Å². The Hall–Kier alpha value is -5.55. The number of hydrazone groups is 1. The number of ether oxygens (including phenoxy) is 1. The van der Waals surface area contributed by atoms with Gasteiger partial charge in [-0.1, -0.05) is 103 Å². The van der Waals surface area contributed by atoms with E-state index in [2.05, 4.69) is 34.8 Å². The molecule has 1 amide bonds. The summed E-state index contributed by atoms with van der Waals surface area (Å²) in [4.78, 5) is 18.1. The first kappa shape index (κ1) is 24.8. The van der Waals surface area contributed by atoms with Crippen LogP contribution in [0.15, 0.2) is 145 Å². The van der Waals surface area contributed by atoms with Crippen LogP contribution in [0.1, 0.15) is 15.9 Å². The van der Waals surface area contributed by atoms with Crippen molar-refractivity contribution in [3.63, 3.8) is 0 Å². The van der Waals surface area contributed by atoms with Gasteiger partial charge in [-0.25, -0.2) is 10.4 Å². The van der Waals surface area contributed by atoms with Gasteiger partial charge in [-0.2, -0.15) is 5.10 Å². The lowest BCUT2D eigenvalue weighted by molar-refractivity contribution is 0.0956. The van der Waals surface area contributed by atoms with Gasteiger partial charge in [0.1, 0.15) is 11.5 Å². The molecule has 5 aromatic carbocycles. The van der Waals surface area contributed by atoms with E-state index in [0.717, 1.165) is 44.6 Å². The number of fused-ring (bicyclic) bond motifs is 1. The largest absolute Gasteiger partial charge is 0.457 e. The second-order valence-corrected chi connectivity index (χ2v) is 9.20. The van der Waals surface area contributed by atoms with Gasteiger partial charge in [-0.05, 0) is 53.1 Å². The van der Waals surface area contributed by atoms with Crippen LogP contribution < -0.4 is 10.2 Å². The maximum absolute atomic E-state index is 13.3. The molecule has 192 valence electrons. The van der Waals surface area contributed by atoms with Crippen LogP contribution in [0.2, 0.25) is 0 Å². The quantitative estimate of drug-likeness (QED) is 0.171. The zero-order chi connectivity index (χ0) is 27.1. The lowest BCUT2D eigenvalue weighted by atomic mass is 10.0. The molecule has 40 heavy (non-hydrogen) atoms. The van der Waals surface area contributed by atoms with E-state index in [4.69, 9.17) is 9.72 Å². The number of amides is 1. The van der Waals surface area contributed by atoms with Gasteiger partial charge in [0.05, 0.1) is 23.0 Å². The number of nitrogens with zero attached hydrogens (tertiary/aromatic N) is 2. The molecule has 5 heteroatoms. The second-order valence-electron chi connectivity index (χ2n) is 9.20. The van der Waals surface area contributed by atoms with E-state index in [0.29, 0.717) is 11.3 Å². The van der Waals surface area contributed by atoms with E-state index in [1.807, 2.05) is 115 Å². The summed E-state index contributed by atoms with van der Waals surface area (Å²) in [6.07, 6.45) is 1.60. The number of benzene rings is 5. The Morgan fingerprint density at radius 3 is 2.10 bits per heavy atom. The minimum atomic E-state index is -0.311. The van der Waals surface area contributed by atoms with Crippen LogP contribution in [0, 0.1) is 0 Å². The first-order chi connectivity index (χ1) is 19.7. The average molecular weight is 520 g/mol. The predicted molar refractivity (Wildman–Crippen MR) is 161 cm³/mol. The van der Waals surface area contributed by atoms with Crippen molar-refractivity contribution in [1.29, 1.82) is 0 Å². The SMILES string of the molecule is O=C(N/N=C/c1cccc(Oc2ccccc2)c1)c1cc(-c2ccc(-c3ccccc3)cc2)nc2ccccc12. The normalized spacial score (nSPS) is 11.0. The maximum atomic E-state index is 13.3.